The molecule has 0 radical (unpaired) electrons. The molecule has 8 heteroatoms. The molecule has 3 aromatic rings. The lowest BCUT2D eigenvalue weighted by atomic mass is 9.85. The van der Waals surface area contributed by atoms with Gasteiger partial charge in [0.2, 0.25) is 0 Å². The van der Waals surface area contributed by atoms with Crippen molar-refractivity contribution in [2.75, 3.05) is 39.8 Å². The van der Waals surface area contributed by atoms with Gasteiger partial charge in [-0.2, -0.15) is 5.10 Å². The van der Waals surface area contributed by atoms with Gasteiger partial charge in [0, 0.05) is 50.1 Å². The van der Waals surface area contributed by atoms with Crippen LogP contribution < -0.4 is 4.74 Å². The molecule has 0 saturated carbocycles. The maximum Gasteiger partial charge on any atom is 0.321 e. The molecule has 0 spiro atoms. The lowest BCUT2D eigenvalue weighted by molar-refractivity contribution is -0.147. The second-order valence-corrected chi connectivity index (χ2v) is 13.5. The fourth-order valence-corrected chi connectivity index (χ4v) is 7.34. The largest absolute Gasteiger partial charge is 0.497 e. The van der Waals surface area contributed by atoms with E-state index in [9.17, 15) is 14.3 Å². The lowest BCUT2D eigenvalue weighted by Crippen LogP contribution is -2.48. The van der Waals surface area contributed by atoms with Crippen molar-refractivity contribution in [3.63, 3.8) is 0 Å². The smallest absolute Gasteiger partial charge is 0.321 e. The van der Waals surface area contributed by atoms with E-state index < -0.39 is 17.4 Å². The van der Waals surface area contributed by atoms with Crippen molar-refractivity contribution in [2.45, 2.75) is 71.4 Å². The summed E-state index contributed by atoms with van der Waals surface area (Å²) in [5.74, 6) is 0.633. The highest BCUT2D eigenvalue weighted by atomic mass is 19.1. The SMILES string of the molecule is CCn1nc(Cc2ccc(OC)cc2)cc1C1CCN(C[C@H]2CN([C@@H](C(=O)O)C(C)(C)C)C[C@@H]2c2cccc(F)c2)CC1. The van der Waals surface area contributed by atoms with Gasteiger partial charge in [0.25, 0.3) is 0 Å². The summed E-state index contributed by atoms with van der Waals surface area (Å²) in [6.45, 7) is 13.2. The Hall–Kier alpha value is -3.23. The van der Waals surface area contributed by atoms with E-state index in [0.717, 1.165) is 62.4 Å². The summed E-state index contributed by atoms with van der Waals surface area (Å²) in [5.41, 5.74) is 4.21. The first-order chi connectivity index (χ1) is 20.5. The van der Waals surface area contributed by atoms with E-state index in [1.807, 2.05) is 39.0 Å². The number of hydrogen-bond donors (Lipinski definition) is 1. The van der Waals surface area contributed by atoms with Gasteiger partial charge in [0.05, 0.1) is 12.8 Å². The van der Waals surface area contributed by atoms with Crippen LogP contribution in [0.2, 0.25) is 0 Å². The Kier molecular flexibility index (Phi) is 9.57. The summed E-state index contributed by atoms with van der Waals surface area (Å²) in [6.07, 6.45) is 2.93. The van der Waals surface area contributed by atoms with Crippen molar-refractivity contribution in [3.8, 4) is 5.75 Å². The Morgan fingerprint density at radius 1 is 1.09 bits per heavy atom. The molecule has 3 heterocycles. The third-order valence-corrected chi connectivity index (χ3v) is 9.37. The van der Waals surface area contributed by atoms with Crippen LogP contribution in [-0.2, 0) is 17.8 Å². The maximum atomic E-state index is 14.3. The summed E-state index contributed by atoms with van der Waals surface area (Å²) in [6, 6.07) is 16.8. The van der Waals surface area contributed by atoms with E-state index in [0.29, 0.717) is 19.0 Å². The maximum absolute atomic E-state index is 14.3. The number of ether oxygens (including phenoxy) is 1. The first kappa shape index (κ1) is 31.2. The second kappa shape index (κ2) is 13.2. The van der Waals surface area contributed by atoms with Gasteiger partial charge in [-0.25, -0.2) is 4.39 Å². The van der Waals surface area contributed by atoms with Gasteiger partial charge in [-0.15, -0.1) is 0 Å². The molecule has 2 fully saturated rings. The summed E-state index contributed by atoms with van der Waals surface area (Å²) in [5, 5.41) is 15.1. The standard InChI is InChI=1S/C35H47FN4O3/c1-6-40-32(20-29(37-40)18-24-10-12-30(43-5)13-11-24)25-14-16-38(17-15-25)21-27-22-39(33(34(41)42)35(2,3)4)23-31(27)26-8-7-9-28(36)19-26/h7-13,19-20,25,27,31,33H,6,14-18,21-23H2,1-5H3,(H,41,42)/t27-,31+,33-/m0/s1. The Labute approximate surface area is 255 Å². The molecule has 0 aliphatic carbocycles. The van der Waals surface area contributed by atoms with Crippen LogP contribution in [-0.4, -0.2) is 76.5 Å². The number of carboxylic acid groups (broad SMARTS) is 1. The zero-order valence-corrected chi connectivity index (χ0v) is 26.3. The number of benzene rings is 2. The molecule has 0 unspecified atom stereocenters. The highest BCUT2D eigenvalue weighted by Gasteiger charge is 2.44. The minimum atomic E-state index is -0.786. The Morgan fingerprint density at radius 3 is 2.42 bits per heavy atom. The van der Waals surface area contributed by atoms with Crippen LogP contribution in [0.15, 0.2) is 54.6 Å². The van der Waals surface area contributed by atoms with Crippen LogP contribution in [0.4, 0.5) is 4.39 Å². The summed E-state index contributed by atoms with van der Waals surface area (Å²) >= 11 is 0. The summed E-state index contributed by atoms with van der Waals surface area (Å²) in [4.78, 5) is 17.0. The number of piperidine rings is 1. The van der Waals surface area contributed by atoms with E-state index in [1.54, 1.807) is 19.2 Å². The molecule has 43 heavy (non-hydrogen) atoms. The van der Waals surface area contributed by atoms with Gasteiger partial charge in [-0.1, -0.05) is 45.0 Å². The predicted octanol–water partition coefficient (Wildman–Crippen LogP) is 6.04. The fourth-order valence-electron chi connectivity index (χ4n) is 7.34. The van der Waals surface area contributed by atoms with Crippen molar-refractivity contribution in [1.29, 1.82) is 0 Å². The minimum Gasteiger partial charge on any atom is -0.497 e. The van der Waals surface area contributed by atoms with Gasteiger partial charge >= 0.3 is 5.97 Å². The van der Waals surface area contributed by atoms with Crippen molar-refractivity contribution in [1.82, 2.24) is 19.6 Å². The molecule has 2 aliphatic heterocycles. The van der Waals surface area contributed by atoms with E-state index in [2.05, 4.69) is 39.6 Å². The van der Waals surface area contributed by atoms with E-state index >= 15 is 0 Å². The van der Waals surface area contributed by atoms with E-state index in [4.69, 9.17) is 9.84 Å². The topological polar surface area (TPSA) is 70.8 Å². The van der Waals surface area contributed by atoms with Crippen molar-refractivity contribution in [2.24, 2.45) is 11.3 Å². The molecule has 3 atom stereocenters. The number of aryl methyl sites for hydroxylation is 1. The Bertz CT molecular complexity index is 1370. The van der Waals surface area contributed by atoms with E-state index in [-0.39, 0.29) is 17.7 Å². The number of aromatic nitrogens is 2. The Morgan fingerprint density at radius 2 is 1.81 bits per heavy atom. The number of hydrogen-bond acceptors (Lipinski definition) is 5. The molecule has 232 valence electrons. The molecule has 0 amide bonds. The predicted molar refractivity (Wildman–Crippen MR) is 167 cm³/mol. The number of aliphatic carboxylic acids is 1. The molecule has 5 rings (SSSR count). The first-order valence-electron chi connectivity index (χ1n) is 15.7. The molecular weight excluding hydrogens is 543 g/mol. The molecule has 1 N–H and O–H groups in total. The average molecular weight is 591 g/mol. The quantitative estimate of drug-likeness (QED) is 0.311. The van der Waals surface area contributed by atoms with Crippen LogP contribution >= 0.6 is 0 Å². The van der Waals surface area contributed by atoms with Crippen LogP contribution in [0, 0.1) is 17.2 Å². The first-order valence-corrected chi connectivity index (χ1v) is 15.7. The monoisotopic (exact) mass is 590 g/mol. The third-order valence-electron chi connectivity index (χ3n) is 9.37. The highest BCUT2D eigenvalue weighted by Crippen LogP contribution is 2.39. The fraction of sp³-hybridized carbons (Fsp3) is 0.543. The van der Waals surface area contributed by atoms with Crippen LogP contribution in [0.5, 0.6) is 5.75 Å². The minimum absolute atomic E-state index is 0.0969. The van der Waals surface area contributed by atoms with Crippen molar-refractivity contribution >= 4 is 5.97 Å². The van der Waals surface area contributed by atoms with Gasteiger partial charge in [-0.05, 0) is 85.6 Å². The number of methoxy groups -OCH3 is 1. The molecule has 2 aromatic carbocycles. The third kappa shape index (κ3) is 7.29. The highest BCUT2D eigenvalue weighted by molar-refractivity contribution is 5.74. The molecule has 0 bridgehead atoms. The number of nitrogens with zero attached hydrogens (tertiary/aromatic N) is 4. The molecule has 7 nitrogen and oxygen atoms in total. The number of rotatable bonds is 10. The summed E-state index contributed by atoms with van der Waals surface area (Å²) < 4.78 is 21.7. The number of carbonyl (C=O) groups is 1. The zero-order valence-electron chi connectivity index (χ0n) is 26.3. The van der Waals surface area contributed by atoms with Crippen LogP contribution in [0.3, 0.4) is 0 Å². The average Bonchev–Trinajstić information content (AvgIpc) is 3.56. The van der Waals surface area contributed by atoms with Crippen molar-refractivity contribution < 1.29 is 19.0 Å². The summed E-state index contributed by atoms with van der Waals surface area (Å²) in [7, 11) is 1.68. The normalized spacial score (nSPS) is 21.3. The van der Waals surface area contributed by atoms with Crippen LogP contribution in [0.25, 0.3) is 0 Å². The van der Waals surface area contributed by atoms with Gasteiger partial charge < -0.3 is 14.7 Å². The van der Waals surface area contributed by atoms with Crippen LogP contribution in [0.1, 0.15) is 74.9 Å². The lowest BCUT2D eigenvalue weighted by Gasteiger charge is -2.36. The molecular formula is C35H47FN4O3. The van der Waals surface area contributed by atoms with Gasteiger partial charge in [-0.3, -0.25) is 14.4 Å². The molecule has 1 aromatic heterocycles. The Balaban J connectivity index is 1.26. The van der Waals surface area contributed by atoms with E-state index in [1.165, 1.54) is 17.3 Å². The second-order valence-electron chi connectivity index (χ2n) is 13.5. The zero-order chi connectivity index (χ0) is 30.7. The number of carboxylic acids is 1. The molecule has 2 saturated heterocycles. The van der Waals surface area contributed by atoms with Gasteiger partial charge in [0.15, 0.2) is 0 Å². The number of halogens is 1. The van der Waals surface area contributed by atoms with Crippen molar-refractivity contribution in [3.05, 3.63) is 82.9 Å². The number of likely N-dealkylation sites (tertiary alicyclic amines) is 2. The molecule has 2 aliphatic rings. The van der Waals surface area contributed by atoms with Gasteiger partial charge in [0.1, 0.15) is 17.6 Å².